The van der Waals surface area contributed by atoms with Crippen LogP contribution in [0.2, 0.25) is 0 Å². The van der Waals surface area contributed by atoms with E-state index in [1.54, 1.807) is 25.2 Å². The number of hydrogen-bond donors (Lipinski definition) is 1. The fraction of sp³-hybridized carbons (Fsp3) is 0.286. The van der Waals surface area contributed by atoms with Crippen LogP contribution in [0.3, 0.4) is 0 Å². The van der Waals surface area contributed by atoms with Gasteiger partial charge in [-0.2, -0.15) is 4.98 Å². The SMILES string of the molecule is CNc1cc(Oc2ccc(F)c(Br)c2)nc(C(C)C)n1. The Morgan fingerprint density at radius 1 is 1.25 bits per heavy atom. The van der Waals surface area contributed by atoms with Crippen LogP contribution < -0.4 is 10.1 Å². The summed E-state index contributed by atoms with van der Waals surface area (Å²) in [6.45, 7) is 4.01. The zero-order chi connectivity index (χ0) is 14.7. The molecule has 0 fully saturated rings. The van der Waals surface area contributed by atoms with Crippen LogP contribution in [0.5, 0.6) is 11.6 Å². The molecule has 0 saturated carbocycles. The molecule has 20 heavy (non-hydrogen) atoms. The molecule has 0 bridgehead atoms. The van der Waals surface area contributed by atoms with Crippen LogP contribution in [0, 0.1) is 5.82 Å². The molecule has 1 aromatic carbocycles. The topological polar surface area (TPSA) is 47.0 Å². The molecule has 0 amide bonds. The van der Waals surface area contributed by atoms with Crippen LogP contribution in [-0.4, -0.2) is 17.0 Å². The van der Waals surface area contributed by atoms with Crippen molar-refractivity contribution in [1.82, 2.24) is 9.97 Å². The van der Waals surface area contributed by atoms with Crippen molar-refractivity contribution >= 4 is 21.7 Å². The molecule has 0 aliphatic rings. The summed E-state index contributed by atoms with van der Waals surface area (Å²) in [7, 11) is 1.78. The molecule has 2 rings (SSSR count). The van der Waals surface area contributed by atoms with Crippen LogP contribution in [-0.2, 0) is 0 Å². The quantitative estimate of drug-likeness (QED) is 0.900. The summed E-state index contributed by atoms with van der Waals surface area (Å²) in [4.78, 5) is 8.70. The molecule has 1 heterocycles. The first kappa shape index (κ1) is 14.7. The van der Waals surface area contributed by atoms with E-state index >= 15 is 0 Å². The number of aromatic nitrogens is 2. The minimum atomic E-state index is -0.334. The lowest BCUT2D eigenvalue weighted by atomic mass is 10.2. The number of halogens is 2. The van der Waals surface area contributed by atoms with E-state index in [0.717, 1.165) is 0 Å². The molecule has 0 saturated heterocycles. The number of benzene rings is 1. The largest absolute Gasteiger partial charge is 0.439 e. The number of nitrogens with zero attached hydrogens (tertiary/aromatic N) is 2. The second-order valence-corrected chi connectivity index (χ2v) is 5.39. The number of hydrogen-bond acceptors (Lipinski definition) is 4. The molecule has 4 nitrogen and oxygen atoms in total. The summed E-state index contributed by atoms with van der Waals surface area (Å²) < 4.78 is 19.2. The summed E-state index contributed by atoms with van der Waals surface area (Å²) in [5, 5.41) is 2.97. The minimum absolute atomic E-state index is 0.186. The fourth-order valence-corrected chi connectivity index (χ4v) is 1.90. The maximum atomic E-state index is 13.2. The van der Waals surface area contributed by atoms with Crippen molar-refractivity contribution in [2.45, 2.75) is 19.8 Å². The lowest BCUT2D eigenvalue weighted by molar-refractivity contribution is 0.455. The van der Waals surface area contributed by atoms with Crippen LogP contribution in [0.15, 0.2) is 28.7 Å². The number of rotatable bonds is 4. The van der Waals surface area contributed by atoms with Gasteiger partial charge in [-0.15, -0.1) is 0 Å². The maximum Gasteiger partial charge on any atom is 0.224 e. The summed E-state index contributed by atoms with van der Waals surface area (Å²) >= 11 is 3.13. The first-order chi connectivity index (χ1) is 9.49. The highest BCUT2D eigenvalue weighted by Gasteiger charge is 2.10. The van der Waals surface area contributed by atoms with Gasteiger partial charge in [0, 0.05) is 19.0 Å². The molecular formula is C14H15BrFN3O. The lowest BCUT2D eigenvalue weighted by Gasteiger charge is -2.11. The second kappa shape index (κ2) is 6.17. The average Bonchev–Trinajstić information content (AvgIpc) is 2.42. The predicted octanol–water partition coefficient (Wildman–Crippen LogP) is 4.34. The van der Waals surface area contributed by atoms with Gasteiger partial charge in [0.05, 0.1) is 4.47 Å². The molecule has 6 heteroatoms. The van der Waals surface area contributed by atoms with E-state index in [9.17, 15) is 4.39 Å². The van der Waals surface area contributed by atoms with E-state index in [4.69, 9.17) is 4.74 Å². The predicted molar refractivity (Wildman–Crippen MR) is 79.8 cm³/mol. The monoisotopic (exact) mass is 339 g/mol. The molecule has 1 N–H and O–H groups in total. The van der Waals surface area contributed by atoms with E-state index in [1.165, 1.54) is 6.07 Å². The van der Waals surface area contributed by atoms with Crippen LogP contribution in [0.4, 0.5) is 10.2 Å². The third kappa shape index (κ3) is 3.45. The Bertz CT molecular complexity index is 619. The average molecular weight is 340 g/mol. The standard InChI is InChI=1S/C14H15BrFN3O/c1-8(2)14-18-12(17-3)7-13(19-14)20-9-4-5-11(16)10(15)6-9/h4-8H,1-3H3,(H,17,18,19). The van der Waals surface area contributed by atoms with Gasteiger partial charge in [0.2, 0.25) is 5.88 Å². The highest BCUT2D eigenvalue weighted by molar-refractivity contribution is 9.10. The summed E-state index contributed by atoms with van der Waals surface area (Å²) in [5.74, 6) is 2.15. The van der Waals surface area contributed by atoms with Crippen molar-refractivity contribution < 1.29 is 9.13 Å². The summed E-state index contributed by atoms with van der Waals surface area (Å²) in [5.41, 5.74) is 0. The van der Waals surface area contributed by atoms with Crippen molar-refractivity contribution in [2.75, 3.05) is 12.4 Å². The van der Waals surface area contributed by atoms with Crippen LogP contribution >= 0.6 is 15.9 Å². The van der Waals surface area contributed by atoms with Crippen molar-refractivity contribution in [2.24, 2.45) is 0 Å². The Morgan fingerprint density at radius 3 is 2.60 bits per heavy atom. The first-order valence-corrected chi connectivity index (χ1v) is 6.98. The normalized spacial score (nSPS) is 10.7. The fourth-order valence-electron chi connectivity index (χ4n) is 1.54. The molecule has 2 aromatic rings. The Balaban J connectivity index is 2.32. The smallest absolute Gasteiger partial charge is 0.224 e. The summed E-state index contributed by atoms with van der Waals surface area (Å²) in [6, 6.07) is 6.15. The minimum Gasteiger partial charge on any atom is -0.439 e. The molecule has 0 aliphatic carbocycles. The van der Waals surface area contributed by atoms with Gasteiger partial charge in [-0.25, -0.2) is 9.37 Å². The van der Waals surface area contributed by atoms with Gasteiger partial charge in [0.15, 0.2) is 0 Å². The highest BCUT2D eigenvalue weighted by Crippen LogP contribution is 2.27. The van der Waals surface area contributed by atoms with Gasteiger partial charge in [-0.3, -0.25) is 0 Å². The Labute approximate surface area is 125 Å². The maximum absolute atomic E-state index is 13.2. The van der Waals surface area contributed by atoms with Crippen molar-refractivity contribution in [1.29, 1.82) is 0 Å². The van der Waals surface area contributed by atoms with Crippen molar-refractivity contribution in [3.63, 3.8) is 0 Å². The van der Waals surface area contributed by atoms with Gasteiger partial charge in [-0.05, 0) is 34.1 Å². The van der Waals surface area contributed by atoms with E-state index in [2.05, 4.69) is 31.2 Å². The lowest BCUT2D eigenvalue weighted by Crippen LogP contribution is -2.03. The van der Waals surface area contributed by atoms with E-state index < -0.39 is 0 Å². The van der Waals surface area contributed by atoms with Crippen molar-refractivity contribution in [3.05, 3.63) is 40.4 Å². The van der Waals surface area contributed by atoms with Gasteiger partial charge < -0.3 is 10.1 Å². The Kier molecular flexibility index (Phi) is 4.54. The third-order valence-electron chi connectivity index (χ3n) is 2.61. The van der Waals surface area contributed by atoms with Gasteiger partial charge in [0.1, 0.15) is 23.2 Å². The van der Waals surface area contributed by atoms with Gasteiger partial charge in [-0.1, -0.05) is 13.8 Å². The molecule has 0 aliphatic heterocycles. The van der Waals surface area contributed by atoms with Crippen LogP contribution in [0.1, 0.15) is 25.6 Å². The van der Waals surface area contributed by atoms with Crippen molar-refractivity contribution in [3.8, 4) is 11.6 Å². The van der Waals surface area contributed by atoms with E-state index in [-0.39, 0.29) is 11.7 Å². The molecule has 0 radical (unpaired) electrons. The van der Waals surface area contributed by atoms with E-state index in [0.29, 0.717) is 27.7 Å². The van der Waals surface area contributed by atoms with Gasteiger partial charge >= 0.3 is 0 Å². The molecule has 0 unspecified atom stereocenters. The number of ether oxygens (including phenoxy) is 1. The summed E-state index contributed by atoms with van der Waals surface area (Å²) in [6.07, 6.45) is 0. The van der Waals surface area contributed by atoms with Crippen LogP contribution in [0.25, 0.3) is 0 Å². The molecule has 0 atom stereocenters. The molecule has 1 aromatic heterocycles. The molecule has 106 valence electrons. The Morgan fingerprint density at radius 2 is 2.00 bits per heavy atom. The molecular weight excluding hydrogens is 325 g/mol. The second-order valence-electron chi connectivity index (χ2n) is 4.53. The van der Waals surface area contributed by atoms with E-state index in [1.807, 2.05) is 13.8 Å². The zero-order valence-corrected chi connectivity index (χ0v) is 13.0. The zero-order valence-electron chi connectivity index (χ0n) is 11.4. The van der Waals surface area contributed by atoms with Gasteiger partial charge in [0.25, 0.3) is 0 Å². The Hall–Kier alpha value is -1.69. The number of nitrogens with one attached hydrogen (secondary N) is 1. The molecule has 0 spiro atoms. The highest BCUT2D eigenvalue weighted by atomic mass is 79.9. The third-order valence-corrected chi connectivity index (χ3v) is 3.21. The first-order valence-electron chi connectivity index (χ1n) is 6.19. The number of anilines is 1.